The highest BCUT2D eigenvalue weighted by Gasteiger charge is 2.31. The van der Waals surface area contributed by atoms with E-state index in [-0.39, 0.29) is 39.1 Å². The zero-order chi connectivity index (χ0) is 24.1. The minimum Gasteiger partial charge on any atom is -0.463 e. The van der Waals surface area contributed by atoms with Crippen molar-refractivity contribution in [3.05, 3.63) is 0 Å². The highest BCUT2D eigenvalue weighted by Crippen LogP contribution is 2.11. The number of carbonyl (C=O) groups excluding carboxylic acids is 3. The minimum absolute atomic E-state index is 0.222. The van der Waals surface area contributed by atoms with Crippen LogP contribution in [0.2, 0.25) is 0 Å². The van der Waals surface area contributed by atoms with Gasteiger partial charge >= 0.3 is 17.9 Å². The third-order valence-corrected chi connectivity index (χ3v) is 5.41. The first-order chi connectivity index (χ1) is 15.4. The molecule has 0 aliphatic rings. The summed E-state index contributed by atoms with van der Waals surface area (Å²) in [4.78, 5) is 36.0. The summed E-state index contributed by atoms with van der Waals surface area (Å²) in [6.07, 6.45) is 7.70. The van der Waals surface area contributed by atoms with Gasteiger partial charge in [-0.05, 0) is 38.5 Å². The second-order valence-corrected chi connectivity index (χ2v) is 8.98. The summed E-state index contributed by atoms with van der Waals surface area (Å²) in [7, 11) is 0. The summed E-state index contributed by atoms with van der Waals surface area (Å²) in [5, 5.41) is 0. The molecular weight excluding hydrogens is 481 g/mol. The Bertz CT molecular complexity index is 453. The Kier molecular flexibility index (Phi) is 20.3. The lowest BCUT2D eigenvalue weighted by molar-refractivity contribution is -0.155. The largest absolute Gasteiger partial charge is 0.463 e. The molecule has 0 aliphatic carbocycles. The molecule has 0 bridgehead atoms. The molecule has 0 aliphatic heterocycles. The second-order valence-electron chi connectivity index (χ2n) is 7.84. The third-order valence-electron chi connectivity index (χ3n) is 4.61. The van der Waals surface area contributed by atoms with E-state index in [2.05, 4.69) is 0 Å². The van der Waals surface area contributed by atoms with Crippen LogP contribution in [0.5, 0.6) is 0 Å². The van der Waals surface area contributed by atoms with Gasteiger partial charge in [-0.1, -0.05) is 19.3 Å². The summed E-state index contributed by atoms with van der Waals surface area (Å²) in [6.45, 7) is -0.665. The fourth-order valence-electron chi connectivity index (χ4n) is 2.64. The van der Waals surface area contributed by atoms with Gasteiger partial charge in [0.05, 0.1) is 0 Å². The van der Waals surface area contributed by atoms with E-state index in [9.17, 15) is 14.4 Å². The second kappa shape index (κ2) is 20.8. The van der Waals surface area contributed by atoms with Gasteiger partial charge in [-0.3, -0.25) is 14.4 Å². The zero-order valence-electron chi connectivity index (χ0n) is 18.9. The van der Waals surface area contributed by atoms with Crippen LogP contribution in [-0.4, -0.2) is 60.9 Å². The first-order valence-corrected chi connectivity index (χ1v) is 12.9. The number of hydrogen-bond donors (Lipinski definition) is 1. The van der Waals surface area contributed by atoms with Crippen molar-refractivity contribution in [3.63, 3.8) is 0 Å². The maximum Gasteiger partial charge on any atom is 0.305 e. The van der Waals surface area contributed by atoms with Gasteiger partial charge in [-0.2, -0.15) is 0 Å². The third kappa shape index (κ3) is 18.8. The van der Waals surface area contributed by atoms with Crippen molar-refractivity contribution < 1.29 is 28.6 Å². The predicted octanol–water partition coefficient (Wildman–Crippen LogP) is 4.71. The standard InChI is InChI=1S/C22H38Cl3NO6/c23-13-7-1-4-10-19(27)30-16-22(26,17-31-20(28)11-5-2-8-14-24)18-32-21(29)12-6-3-9-15-25/h1-18,26H2. The van der Waals surface area contributed by atoms with Crippen LogP contribution >= 0.6 is 34.8 Å². The SMILES string of the molecule is NC(COC(=O)CCCCCCl)(COC(=O)CCCCCCl)COC(=O)CCCCCCl. The molecule has 0 aromatic rings. The van der Waals surface area contributed by atoms with Crippen LogP contribution in [0.25, 0.3) is 0 Å². The van der Waals surface area contributed by atoms with E-state index in [1.165, 1.54) is 0 Å². The van der Waals surface area contributed by atoms with Gasteiger partial charge in [0.25, 0.3) is 0 Å². The molecule has 32 heavy (non-hydrogen) atoms. The smallest absolute Gasteiger partial charge is 0.305 e. The number of rotatable bonds is 21. The first kappa shape index (κ1) is 31.2. The number of halogens is 3. The monoisotopic (exact) mass is 517 g/mol. The van der Waals surface area contributed by atoms with Crippen LogP contribution in [0.3, 0.4) is 0 Å². The molecule has 188 valence electrons. The molecule has 0 amide bonds. The Balaban J connectivity index is 4.59. The van der Waals surface area contributed by atoms with Crippen LogP contribution in [0, 0.1) is 0 Å². The van der Waals surface area contributed by atoms with Gasteiger partial charge in [-0.15, -0.1) is 34.8 Å². The lowest BCUT2D eigenvalue weighted by Gasteiger charge is -2.28. The molecule has 0 rings (SSSR count). The molecule has 0 radical (unpaired) electrons. The van der Waals surface area contributed by atoms with Crippen LogP contribution in [-0.2, 0) is 28.6 Å². The van der Waals surface area contributed by atoms with Crippen molar-refractivity contribution >= 4 is 52.7 Å². The van der Waals surface area contributed by atoms with Gasteiger partial charge in [0.2, 0.25) is 0 Å². The van der Waals surface area contributed by atoms with Gasteiger partial charge in [0.15, 0.2) is 0 Å². The molecule has 10 heteroatoms. The molecule has 0 fully saturated rings. The molecule has 0 aromatic carbocycles. The molecule has 0 atom stereocenters. The minimum atomic E-state index is -1.32. The quantitative estimate of drug-likeness (QED) is 0.101. The van der Waals surface area contributed by atoms with Crippen molar-refractivity contribution in [2.45, 2.75) is 82.6 Å². The number of esters is 3. The number of unbranched alkanes of at least 4 members (excludes halogenated alkanes) is 6. The number of hydrogen-bond acceptors (Lipinski definition) is 7. The fraction of sp³-hybridized carbons (Fsp3) is 0.864. The van der Waals surface area contributed by atoms with Crippen LogP contribution in [0.1, 0.15) is 77.0 Å². The molecule has 0 heterocycles. The van der Waals surface area contributed by atoms with Crippen LogP contribution < -0.4 is 5.73 Å². The molecular formula is C22H38Cl3NO6. The van der Waals surface area contributed by atoms with Crippen molar-refractivity contribution in [2.75, 3.05) is 37.5 Å². The maximum atomic E-state index is 12.0. The van der Waals surface area contributed by atoms with Gasteiger partial charge < -0.3 is 19.9 Å². The van der Waals surface area contributed by atoms with Crippen molar-refractivity contribution in [1.82, 2.24) is 0 Å². The average molecular weight is 519 g/mol. The highest BCUT2D eigenvalue weighted by molar-refractivity contribution is 6.18. The lowest BCUT2D eigenvalue weighted by atomic mass is 10.1. The Morgan fingerprint density at radius 2 is 0.812 bits per heavy atom. The maximum absolute atomic E-state index is 12.0. The van der Waals surface area contributed by atoms with E-state index in [4.69, 9.17) is 54.7 Å². The summed E-state index contributed by atoms with van der Waals surface area (Å²) in [5.74, 6) is 0.429. The Labute approximate surface area is 206 Å². The Hall–Kier alpha value is -0.760. The Morgan fingerprint density at radius 3 is 1.06 bits per heavy atom. The van der Waals surface area contributed by atoms with E-state index in [1.54, 1.807) is 0 Å². The van der Waals surface area contributed by atoms with E-state index in [0.29, 0.717) is 36.9 Å². The van der Waals surface area contributed by atoms with Crippen molar-refractivity contribution in [3.8, 4) is 0 Å². The highest BCUT2D eigenvalue weighted by atomic mass is 35.5. The fourth-order valence-corrected chi connectivity index (χ4v) is 3.20. The first-order valence-electron chi connectivity index (χ1n) is 11.3. The topological polar surface area (TPSA) is 105 Å². The molecule has 7 nitrogen and oxygen atoms in total. The molecule has 0 aromatic heterocycles. The van der Waals surface area contributed by atoms with Crippen molar-refractivity contribution in [2.24, 2.45) is 5.73 Å². The summed E-state index contributed by atoms with van der Waals surface area (Å²) in [5.41, 5.74) is 4.97. The van der Waals surface area contributed by atoms with Crippen LogP contribution in [0.15, 0.2) is 0 Å². The van der Waals surface area contributed by atoms with E-state index < -0.39 is 23.4 Å². The van der Waals surface area contributed by atoms with E-state index in [0.717, 1.165) is 38.5 Å². The number of ether oxygens (including phenoxy) is 3. The van der Waals surface area contributed by atoms with Gasteiger partial charge in [0.1, 0.15) is 25.4 Å². The molecule has 0 saturated carbocycles. The van der Waals surface area contributed by atoms with E-state index in [1.807, 2.05) is 0 Å². The summed E-state index contributed by atoms with van der Waals surface area (Å²) < 4.78 is 15.8. The van der Waals surface area contributed by atoms with E-state index >= 15 is 0 Å². The summed E-state index contributed by atoms with van der Waals surface area (Å²) in [6, 6.07) is 0. The molecule has 2 N–H and O–H groups in total. The predicted molar refractivity (Wildman–Crippen MR) is 127 cm³/mol. The van der Waals surface area contributed by atoms with Crippen LogP contribution in [0.4, 0.5) is 0 Å². The number of alkyl halides is 3. The molecule has 0 unspecified atom stereocenters. The normalized spacial score (nSPS) is 11.2. The molecule has 0 saturated heterocycles. The number of nitrogens with two attached hydrogens (primary N) is 1. The number of carbonyl (C=O) groups is 3. The van der Waals surface area contributed by atoms with Gasteiger partial charge in [-0.25, -0.2) is 0 Å². The van der Waals surface area contributed by atoms with Crippen molar-refractivity contribution in [1.29, 1.82) is 0 Å². The van der Waals surface area contributed by atoms with Gasteiger partial charge in [0, 0.05) is 36.9 Å². The average Bonchev–Trinajstić information content (AvgIpc) is 2.78. The lowest BCUT2D eigenvalue weighted by Crippen LogP contribution is -2.54. The Morgan fingerprint density at radius 1 is 0.531 bits per heavy atom. The zero-order valence-corrected chi connectivity index (χ0v) is 21.2. The molecule has 0 spiro atoms. The summed E-state index contributed by atoms with van der Waals surface area (Å²) >= 11 is 16.9.